The fraction of sp³-hybridized carbons (Fsp3) is 0.917. The van der Waals surface area contributed by atoms with Gasteiger partial charge in [-0.05, 0) is 31.2 Å². The maximum atomic E-state index is 11.8. The SMILES string of the molecule is CCCOCC(=O)N1CCC(C)C(CN)C1. The van der Waals surface area contributed by atoms with Crippen molar-refractivity contribution in [2.45, 2.75) is 26.7 Å². The molecule has 1 aliphatic rings. The van der Waals surface area contributed by atoms with E-state index >= 15 is 0 Å². The van der Waals surface area contributed by atoms with Crippen LogP contribution >= 0.6 is 0 Å². The molecular weight excluding hydrogens is 204 g/mol. The molecule has 0 radical (unpaired) electrons. The molecule has 1 saturated heterocycles. The first kappa shape index (κ1) is 13.5. The molecule has 0 aromatic heterocycles. The van der Waals surface area contributed by atoms with Crippen molar-refractivity contribution in [3.8, 4) is 0 Å². The fourth-order valence-electron chi connectivity index (χ4n) is 2.08. The van der Waals surface area contributed by atoms with Crippen molar-refractivity contribution in [3.63, 3.8) is 0 Å². The highest BCUT2D eigenvalue weighted by Crippen LogP contribution is 2.22. The van der Waals surface area contributed by atoms with Crippen LogP contribution in [0.2, 0.25) is 0 Å². The van der Waals surface area contributed by atoms with Gasteiger partial charge in [-0.15, -0.1) is 0 Å². The van der Waals surface area contributed by atoms with E-state index < -0.39 is 0 Å². The van der Waals surface area contributed by atoms with E-state index in [1.165, 1.54) is 0 Å². The molecule has 0 spiro atoms. The van der Waals surface area contributed by atoms with Gasteiger partial charge < -0.3 is 15.4 Å². The monoisotopic (exact) mass is 228 g/mol. The summed E-state index contributed by atoms with van der Waals surface area (Å²) in [4.78, 5) is 13.7. The van der Waals surface area contributed by atoms with Crippen LogP contribution in [0.4, 0.5) is 0 Å². The number of piperidine rings is 1. The maximum Gasteiger partial charge on any atom is 0.248 e. The predicted octanol–water partition coefficient (Wildman–Crippen LogP) is 0.856. The molecule has 4 heteroatoms. The summed E-state index contributed by atoms with van der Waals surface area (Å²) >= 11 is 0. The first-order valence-electron chi connectivity index (χ1n) is 6.24. The Balaban J connectivity index is 2.33. The Labute approximate surface area is 98.1 Å². The lowest BCUT2D eigenvalue weighted by Gasteiger charge is -2.36. The van der Waals surface area contributed by atoms with Crippen molar-refractivity contribution in [2.24, 2.45) is 17.6 Å². The zero-order valence-electron chi connectivity index (χ0n) is 10.4. The normalized spacial score (nSPS) is 25.8. The van der Waals surface area contributed by atoms with E-state index in [9.17, 15) is 4.79 Å². The van der Waals surface area contributed by atoms with Crippen molar-refractivity contribution in [2.75, 3.05) is 32.8 Å². The van der Waals surface area contributed by atoms with Crippen LogP contribution in [0.15, 0.2) is 0 Å². The van der Waals surface area contributed by atoms with Gasteiger partial charge in [0.15, 0.2) is 0 Å². The summed E-state index contributed by atoms with van der Waals surface area (Å²) in [5, 5.41) is 0. The topological polar surface area (TPSA) is 55.6 Å². The average Bonchev–Trinajstić information content (AvgIpc) is 2.30. The molecular formula is C12H24N2O2. The minimum absolute atomic E-state index is 0.110. The number of hydrogen-bond acceptors (Lipinski definition) is 3. The van der Waals surface area contributed by atoms with E-state index in [0.29, 0.717) is 25.0 Å². The second-order valence-electron chi connectivity index (χ2n) is 4.65. The second-order valence-corrected chi connectivity index (χ2v) is 4.65. The molecule has 0 bridgehead atoms. The quantitative estimate of drug-likeness (QED) is 0.710. The van der Waals surface area contributed by atoms with Gasteiger partial charge in [0.1, 0.15) is 6.61 Å². The number of nitrogens with zero attached hydrogens (tertiary/aromatic N) is 1. The van der Waals surface area contributed by atoms with Crippen LogP contribution in [0.25, 0.3) is 0 Å². The molecule has 1 aliphatic heterocycles. The van der Waals surface area contributed by atoms with Gasteiger partial charge in [-0.3, -0.25) is 4.79 Å². The van der Waals surface area contributed by atoms with Crippen molar-refractivity contribution in [1.29, 1.82) is 0 Å². The third kappa shape index (κ3) is 3.76. The zero-order valence-corrected chi connectivity index (χ0v) is 10.4. The van der Waals surface area contributed by atoms with Crippen molar-refractivity contribution < 1.29 is 9.53 Å². The van der Waals surface area contributed by atoms with Crippen LogP contribution in [-0.4, -0.2) is 43.7 Å². The number of amides is 1. The molecule has 0 aliphatic carbocycles. The third-order valence-corrected chi connectivity index (χ3v) is 3.34. The Kier molecular flexibility index (Phi) is 5.77. The third-order valence-electron chi connectivity index (χ3n) is 3.34. The van der Waals surface area contributed by atoms with E-state index in [4.69, 9.17) is 10.5 Å². The average molecular weight is 228 g/mol. The Morgan fingerprint density at radius 2 is 2.31 bits per heavy atom. The summed E-state index contributed by atoms with van der Waals surface area (Å²) < 4.78 is 5.27. The van der Waals surface area contributed by atoms with Crippen molar-refractivity contribution >= 4 is 5.91 Å². The molecule has 1 amide bonds. The van der Waals surface area contributed by atoms with Crippen LogP contribution in [0.5, 0.6) is 0 Å². The molecule has 0 saturated carbocycles. The fourth-order valence-corrected chi connectivity index (χ4v) is 2.08. The molecule has 0 aromatic rings. The molecule has 4 nitrogen and oxygen atoms in total. The standard InChI is InChI=1S/C12H24N2O2/c1-3-6-16-9-12(15)14-5-4-10(2)11(7-13)8-14/h10-11H,3-9,13H2,1-2H3. The first-order valence-corrected chi connectivity index (χ1v) is 6.24. The number of carbonyl (C=O) groups excluding carboxylic acids is 1. The van der Waals surface area contributed by atoms with E-state index in [-0.39, 0.29) is 12.5 Å². The maximum absolute atomic E-state index is 11.8. The van der Waals surface area contributed by atoms with E-state index in [0.717, 1.165) is 25.9 Å². The lowest BCUT2D eigenvalue weighted by Crippen LogP contribution is -2.46. The number of carbonyl (C=O) groups is 1. The zero-order chi connectivity index (χ0) is 12.0. The molecule has 94 valence electrons. The number of ether oxygens (including phenoxy) is 1. The van der Waals surface area contributed by atoms with Gasteiger partial charge in [-0.1, -0.05) is 13.8 Å². The van der Waals surface area contributed by atoms with Crippen LogP contribution in [0, 0.1) is 11.8 Å². The van der Waals surface area contributed by atoms with E-state index in [1.807, 2.05) is 11.8 Å². The molecule has 2 unspecified atom stereocenters. The predicted molar refractivity (Wildman–Crippen MR) is 64.0 cm³/mol. The number of hydrogen-bond donors (Lipinski definition) is 1. The molecule has 0 aromatic carbocycles. The minimum atomic E-state index is 0.110. The Morgan fingerprint density at radius 3 is 2.94 bits per heavy atom. The second kappa shape index (κ2) is 6.86. The highest BCUT2D eigenvalue weighted by Gasteiger charge is 2.27. The van der Waals surface area contributed by atoms with Gasteiger partial charge in [-0.2, -0.15) is 0 Å². The summed E-state index contributed by atoms with van der Waals surface area (Å²) in [6.45, 7) is 7.46. The molecule has 2 N–H and O–H groups in total. The summed E-state index contributed by atoms with van der Waals surface area (Å²) in [7, 11) is 0. The summed E-state index contributed by atoms with van der Waals surface area (Å²) in [5.74, 6) is 1.19. The molecule has 1 rings (SSSR count). The van der Waals surface area contributed by atoms with Gasteiger partial charge in [0.2, 0.25) is 5.91 Å². The molecule has 1 fully saturated rings. The van der Waals surface area contributed by atoms with Crippen molar-refractivity contribution in [1.82, 2.24) is 4.90 Å². The lowest BCUT2D eigenvalue weighted by atomic mass is 9.87. The Morgan fingerprint density at radius 1 is 1.56 bits per heavy atom. The summed E-state index contributed by atoms with van der Waals surface area (Å²) in [6.07, 6.45) is 2.01. The van der Waals surface area contributed by atoms with Crippen LogP contribution in [0.1, 0.15) is 26.7 Å². The van der Waals surface area contributed by atoms with Gasteiger partial charge in [-0.25, -0.2) is 0 Å². The number of likely N-dealkylation sites (tertiary alicyclic amines) is 1. The number of nitrogens with two attached hydrogens (primary N) is 1. The molecule has 2 atom stereocenters. The molecule has 16 heavy (non-hydrogen) atoms. The highest BCUT2D eigenvalue weighted by molar-refractivity contribution is 5.77. The lowest BCUT2D eigenvalue weighted by molar-refractivity contribution is -0.138. The van der Waals surface area contributed by atoms with Gasteiger partial charge in [0.05, 0.1) is 0 Å². The highest BCUT2D eigenvalue weighted by atomic mass is 16.5. The smallest absolute Gasteiger partial charge is 0.248 e. The first-order chi connectivity index (χ1) is 7.69. The van der Waals surface area contributed by atoms with Gasteiger partial charge >= 0.3 is 0 Å². The van der Waals surface area contributed by atoms with Crippen LogP contribution in [0.3, 0.4) is 0 Å². The Hall–Kier alpha value is -0.610. The largest absolute Gasteiger partial charge is 0.372 e. The number of rotatable bonds is 5. The van der Waals surface area contributed by atoms with E-state index in [1.54, 1.807) is 0 Å². The van der Waals surface area contributed by atoms with E-state index in [2.05, 4.69) is 6.92 Å². The van der Waals surface area contributed by atoms with Crippen molar-refractivity contribution in [3.05, 3.63) is 0 Å². The summed E-state index contributed by atoms with van der Waals surface area (Å²) in [5.41, 5.74) is 5.71. The van der Waals surface area contributed by atoms with Crippen LogP contribution in [-0.2, 0) is 9.53 Å². The summed E-state index contributed by atoms with van der Waals surface area (Å²) in [6, 6.07) is 0. The minimum Gasteiger partial charge on any atom is -0.372 e. The van der Waals surface area contributed by atoms with Gasteiger partial charge in [0.25, 0.3) is 0 Å². The molecule has 1 heterocycles. The Bertz CT molecular complexity index is 221. The van der Waals surface area contributed by atoms with Crippen LogP contribution < -0.4 is 5.73 Å². The van der Waals surface area contributed by atoms with Gasteiger partial charge in [0, 0.05) is 19.7 Å².